The zero-order valence-corrected chi connectivity index (χ0v) is 16.4. The summed E-state index contributed by atoms with van der Waals surface area (Å²) in [5, 5.41) is 9.40. The highest BCUT2D eigenvalue weighted by Gasteiger charge is 2.16. The number of hydrazone groups is 1. The Bertz CT molecular complexity index is 1100. The van der Waals surface area contributed by atoms with Crippen LogP contribution >= 0.6 is 0 Å². The molecule has 0 unspecified atom stereocenters. The Hall–Kier alpha value is -3.48. The van der Waals surface area contributed by atoms with Crippen LogP contribution in [0.15, 0.2) is 58.4 Å². The van der Waals surface area contributed by atoms with Crippen molar-refractivity contribution in [2.45, 2.75) is 20.4 Å². The lowest BCUT2D eigenvalue weighted by atomic mass is 10.1. The van der Waals surface area contributed by atoms with E-state index in [1.54, 1.807) is 24.3 Å². The molecule has 1 aromatic heterocycles. The second-order valence-corrected chi connectivity index (χ2v) is 6.59. The van der Waals surface area contributed by atoms with Gasteiger partial charge in [-0.25, -0.2) is 10.1 Å². The third-order valence-electron chi connectivity index (χ3n) is 4.51. The monoisotopic (exact) mass is 377 g/mol. The van der Waals surface area contributed by atoms with Gasteiger partial charge in [-0.3, -0.25) is 9.59 Å². The molecule has 1 heterocycles. The van der Waals surface area contributed by atoms with Crippen molar-refractivity contribution in [1.29, 1.82) is 0 Å². The lowest BCUT2D eigenvalue weighted by Crippen LogP contribution is -2.28. The summed E-state index contributed by atoms with van der Waals surface area (Å²) in [4.78, 5) is 27.1. The molecule has 0 bridgehead atoms. The predicted molar refractivity (Wildman–Crippen MR) is 112 cm³/mol. The predicted octanol–water partition coefficient (Wildman–Crippen LogP) is 2.64. The summed E-state index contributed by atoms with van der Waals surface area (Å²) in [6.45, 7) is 4.01. The van der Waals surface area contributed by atoms with Crippen molar-refractivity contribution in [1.82, 2.24) is 15.2 Å². The number of aryl methyl sites for hydroxylation is 1. The molecule has 0 radical (unpaired) electrons. The summed E-state index contributed by atoms with van der Waals surface area (Å²) in [6.07, 6.45) is 0. The summed E-state index contributed by atoms with van der Waals surface area (Å²) in [5.41, 5.74) is 5.18. The first-order valence-corrected chi connectivity index (χ1v) is 9.04. The number of nitrogens with zero attached hydrogens (tertiary/aromatic N) is 4. The second-order valence-electron chi connectivity index (χ2n) is 6.59. The van der Waals surface area contributed by atoms with Crippen LogP contribution in [0.5, 0.6) is 0 Å². The van der Waals surface area contributed by atoms with Gasteiger partial charge in [0.05, 0.1) is 11.1 Å². The Kier molecular flexibility index (Phi) is 5.54. The summed E-state index contributed by atoms with van der Waals surface area (Å²) in [7, 11) is 3.95. The van der Waals surface area contributed by atoms with Crippen molar-refractivity contribution >= 4 is 28.1 Å². The van der Waals surface area contributed by atoms with Crippen LogP contribution < -0.4 is 15.9 Å². The van der Waals surface area contributed by atoms with Gasteiger partial charge in [-0.2, -0.15) is 10.2 Å². The number of aromatic nitrogens is 2. The van der Waals surface area contributed by atoms with E-state index in [2.05, 4.69) is 15.6 Å². The topological polar surface area (TPSA) is 79.6 Å². The average molecular weight is 377 g/mol. The van der Waals surface area contributed by atoms with Gasteiger partial charge < -0.3 is 4.90 Å². The molecule has 3 rings (SSSR count). The van der Waals surface area contributed by atoms with E-state index < -0.39 is 5.91 Å². The molecule has 28 heavy (non-hydrogen) atoms. The molecule has 7 heteroatoms. The summed E-state index contributed by atoms with van der Waals surface area (Å²) in [6, 6.07) is 14.8. The first kappa shape index (κ1) is 19.3. The molecule has 3 aromatic rings. The Balaban J connectivity index is 1.90. The van der Waals surface area contributed by atoms with Gasteiger partial charge in [0.15, 0.2) is 5.69 Å². The standard InChI is InChI=1S/C21H23N5O2/c1-5-26-21(28)18-9-7-6-8-17(18)19(24-26)20(27)23-22-14(2)15-10-12-16(13-11-15)25(3)4/h6-13H,5H2,1-4H3,(H,23,27)/b22-14-. The van der Waals surface area contributed by atoms with Gasteiger partial charge in [0, 0.05) is 31.7 Å². The van der Waals surface area contributed by atoms with Crippen molar-refractivity contribution in [3.63, 3.8) is 0 Å². The van der Waals surface area contributed by atoms with E-state index >= 15 is 0 Å². The number of carbonyl (C=O) groups is 1. The van der Waals surface area contributed by atoms with Crippen LogP contribution in [0.1, 0.15) is 29.9 Å². The number of benzene rings is 2. The second kappa shape index (κ2) is 8.04. The minimum Gasteiger partial charge on any atom is -0.378 e. The Labute approximate surface area is 163 Å². The highest BCUT2D eigenvalue weighted by molar-refractivity contribution is 6.06. The SMILES string of the molecule is CCn1nc(C(=O)N/N=C(/C)c2ccc(N(C)C)cc2)c2ccccc2c1=O. The van der Waals surface area contributed by atoms with Crippen molar-refractivity contribution in [3.05, 3.63) is 70.1 Å². The van der Waals surface area contributed by atoms with E-state index in [0.29, 0.717) is 23.0 Å². The van der Waals surface area contributed by atoms with Crippen molar-refractivity contribution in [3.8, 4) is 0 Å². The smallest absolute Gasteiger partial charge is 0.292 e. The molecule has 1 N–H and O–H groups in total. The molecule has 0 aliphatic rings. The quantitative estimate of drug-likeness (QED) is 0.548. The van der Waals surface area contributed by atoms with E-state index in [9.17, 15) is 9.59 Å². The fourth-order valence-electron chi connectivity index (χ4n) is 2.87. The van der Waals surface area contributed by atoms with Crippen molar-refractivity contribution < 1.29 is 4.79 Å². The Morgan fingerprint density at radius 1 is 1.11 bits per heavy atom. The van der Waals surface area contributed by atoms with Crippen LogP contribution in [0.25, 0.3) is 10.8 Å². The van der Waals surface area contributed by atoms with E-state index in [0.717, 1.165) is 11.3 Å². The maximum Gasteiger partial charge on any atom is 0.292 e. The summed E-state index contributed by atoms with van der Waals surface area (Å²) in [5.74, 6) is -0.456. The van der Waals surface area contributed by atoms with Gasteiger partial charge >= 0.3 is 0 Å². The highest BCUT2D eigenvalue weighted by Crippen LogP contribution is 2.14. The zero-order valence-electron chi connectivity index (χ0n) is 16.4. The van der Waals surface area contributed by atoms with Gasteiger partial charge in [-0.1, -0.05) is 30.3 Å². The van der Waals surface area contributed by atoms with E-state index in [-0.39, 0.29) is 11.3 Å². The van der Waals surface area contributed by atoms with Gasteiger partial charge in [0.1, 0.15) is 0 Å². The fraction of sp³-hybridized carbons (Fsp3) is 0.238. The lowest BCUT2D eigenvalue weighted by Gasteiger charge is -2.12. The number of nitrogens with one attached hydrogen (secondary N) is 1. The molecule has 2 aromatic carbocycles. The summed E-state index contributed by atoms with van der Waals surface area (Å²) < 4.78 is 1.29. The first-order chi connectivity index (χ1) is 13.4. The van der Waals surface area contributed by atoms with Crippen LogP contribution in [-0.4, -0.2) is 35.5 Å². The number of hydrogen-bond donors (Lipinski definition) is 1. The third-order valence-corrected chi connectivity index (χ3v) is 4.51. The zero-order chi connectivity index (χ0) is 20.3. The number of rotatable bonds is 5. The number of amides is 1. The van der Waals surface area contributed by atoms with Crippen LogP contribution in [0.3, 0.4) is 0 Å². The van der Waals surface area contributed by atoms with Crippen LogP contribution in [0.2, 0.25) is 0 Å². The maximum absolute atomic E-state index is 12.7. The molecular weight excluding hydrogens is 354 g/mol. The molecule has 0 saturated heterocycles. The van der Waals surface area contributed by atoms with Crippen LogP contribution in [0, 0.1) is 0 Å². The highest BCUT2D eigenvalue weighted by atomic mass is 16.2. The maximum atomic E-state index is 12.7. The van der Waals surface area contributed by atoms with E-state index in [1.165, 1.54) is 4.68 Å². The van der Waals surface area contributed by atoms with Crippen molar-refractivity contribution in [2.75, 3.05) is 19.0 Å². The van der Waals surface area contributed by atoms with Gasteiger partial charge in [0.2, 0.25) is 0 Å². The van der Waals surface area contributed by atoms with Gasteiger partial charge in [0.25, 0.3) is 11.5 Å². The molecule has 0 aliphatic carbocycles. The molecule has 0 fully saturated rings. The average Bonchev–Trinajstić information content (AvgIpc) is 2.72. The van der Waals surface area contributed by atoms with Gasteiger partial charge in [-0.15, -0.1) is 0 Å². The number of hydrogen-bond acceptors (Lipinski definition) is 5. The number of carbonyl (C=O) groups excluding carboxylic acids is 1. The largest absolute Gasteiger partial charge is 0.378 e. The van der Waals surface area contributed by atoms with Crippen LogP contribution in [0.4, 0.5) is 5.69 Å². The molecule has 0 atom stereocenters. The minimum atomic E-state index is -0.456. The molecule has 144 valence electrons. The molecule has 1 amide bonds. The fourth-order valence-corrected chi connectivity index (χ4v) is 2.87. The van der Waals surface area contributed by atoms with Crippen LogP contribution in [-0.2, 0) is 6.54 Å². The minimum absolute atomic E-state index is 0.177. The number of fused-ring (bicyclic) bond motifs is 1. The molecular formula is C21H23N5O2. The lowest BCUT2D eigenvalue weighted by molar-refractivity contribution is 0.0949. The van der Waals surface area contributed by atoms with Crippen molar-refractivity contribution in [2.24, 2.45) is 5.10 Å². The van der Waals surface area contributed by atoms with Gasteiger partial charge in [-0.05, 0) is 37.6 Å². The summed E-state index contributed by atoms with van der Waals surface area (Å²) >= 11 is 0. The normalized spacial score (nSPS) is 11.5. The Morgan fingerprint density at radius 2 is 1.75 bits per heavy atom. The van der Waals surface area contributed by atoms with E-state index in [1.807, 2.05) is 57.1 Å². The molecule has 0 saturated carbocycles. The first-order valence-electron chi connectivity index (χ1n) is 9.04. The third kappa shape index (κ3) is 3.78. The molecule has 7 nitrogen and oxygen atoms in total. The Morgan fingerprint density at radius 3 is 2.36 bits per heavy atom. The van der Waals surface area contributed by atoms with E-state index in [4.69, 9.17) is 0 Å². The number of anilines is 1. The molecule has 0 aliphatic heterocycles. The molecule has 0 spiro atoms.